The molecule has 0 bridgehead atoms. The number of fused-ring (bicyclic) bond motifs is 3. The number of furan rings is 1. The summed E-state index contributed by atoms with van der Waals surface area (Å²) in [6.07, 6.45) is 3.44. The fourth-order valence-electron chi connectivity index (χ4n) is 2.23. The molecule has 0 spiro atoms. The van der Waals surface area contributed by atoms with E-state index in [4.69, 9.17) is 13.9 Å². The van der Waals surface area contributed by atoms with Gasteiger partial charge >= 0.3 is 0 Å². The largest absolute Gasteiger partial charge is 0.490 e. The van der Waals surface area contributed by atoms with Crippen LogP contribution in [-0.2, 0) is 0 Å². The smallest absolute Gasteiger partial charge is 0.135 e. The Morgan fingerprint density at radius 2 is 1.29 bits per heavy atom. The van der Waals surface area contributed by atoms with Crippen LogP contribution < -0.4 is 9.47 Å². The Bertz CT molecular complexity index is 732. The molecule has 0 saturated carbocycles. The topological polar surface area (TPSA) is 31.6 Å². The van der Waals surface area contributed by atoms with Crippen LogP contribution in [0.15, 0.2) is 66.1 Å². The molecule has 2 aromatic carbocycles. The summed E-state index contributed by atoms with van der Waals surface area (Å²) in [7, 11) is 0. The number of hydrogen-bond donors (Lipinski definition) is 0. The SMILES string of the molecule is C=CCOc1ccc2oc3ccc(OCC=C)cc3c2c1. The molecule has 1 aromatic heterocycles. The van der Waals surface area contributed by atoms with Crippen molar-refractivity contribution in [3.8, 4) is 11.5 Å². The van der Waals surface area contributed by atoms with E-state index in [-0.39, 0.29) is 0 Å². The quantitative estimate of drug-likeness (QED) is 0.612. The summed E-state index contributed by atoms with van der Waals surface area (Å²) >= 11 is 0. The highest BCUT2D eigenvalue weighted by Crippen LogP contribution is 2.33. The standard InChI is InChI=1S/C18H16O3/c1-3-9-19-13-5-7-17-15(11-13)16-12-14(20-10-4-2)6-8-18(16)21-17/h3-8,11-12H,1-2,9-10H2. The van der Waals surface area contributed by atoms with Crippen LogP contribution >= 0.6 is 0 Å². The molecule has 0 aliphatic rings. The molecule has 0 radical (unpaired) electrons. The van der Waals surface area contributed by atoms with E-state index in [0.717, 1.165) is 33.4 Å². The first-order chi connectivity index (χ1) is 10.3. The lowest BCUT2D eigenvalue weighted by Gasteiger charge is -2.03. The van der Waals surface area contributed by atoms with Gasteiger partial charge in [-0.05, 0) is 36.4 Å². The Kier molecular flexibility index (Phi) is 3.65. The van der Waals surface area contributed by atoms with Crippen LogP contribution in [0.1, 0.15) is 0 Å². The van der Waals surface area contributed by atoms with E-state index < -0.39 is 0 Å². The summed E-state index contributed by atoms with van der Waals surface area (Å²) in [5.41, 5.74) is 1.66. The second kappa shape index (κ2) is 5.75. The van der Waals surface area contributed by atoms with Gasteiger partial charge in [0.25, 0.3) is 0 Å². The molecule has 0 saturated heterocycles. The molecular formula is C18H16O3. The molecule has 0 aliphatic carbocycles. The zero-order valence-corrected chi connectivity index (χ0v) is 11.7. The molecule has 0 amide bonds. The third kappa shape index (κ3) is 2.63. The average molecular weight is 280 g/mol. The maximum absolute atomic E-state index is 5.82. The molecular weight excluding hydrogens is 264 g/mol. The van der Waals surface area contributed by atoms with Crippen LogP contribution in [-0.4, -0.2) is 13.2 Å². The second-order valence-corrected chi connectivity index (χ2v) is 4.62. The Morgan fingerprint density at radius 3 is 1.71 bits per heavy atom. The lowest BCUT2D eigenvalue weighted by atomic mass is 10.1. The Balaban J connectivity index is 2.07. The maximum atomic E-state index is 5.82. The van der Waals surface area contributed by atoms with Crippen molar-refractivity contribution >= 4 is 21.9 Å². The molecule has 0 aliphatic heterocycles. The molecule has 3 aromatic rings. The first-order valence-corrected chi connectivity index (χ1v) is 6.75. The van der Waals surface area contributed by atoms with Gasteiger partial charge in [-0.3, -0.25) is 0 Å². The number of benzene rings is 2. The zero-order valence-electron chi connectivity index (χ0n) is 11.7. The van der Waals surface area contributed by atoms with E-state index in [1.807, 2.05) is 36.4 Å². The molecule has 3 nitrogen and oxygen atoms in total. The summed E-state index contributed by atoms with van der Waals surface area (Å²) < 4.78 is 17.0. The summed E-state index contributed by atoms with van der Waals surface area (Å²) in [5, 5.41) is 2.02. The van der Waals surface area contributed by atoms with Crippen LogP contribution in [0, 0.1) is 0 Å². The zero-order chi connectivity index (χ0) is 14.7. The predicted molar refractivity (Wildman–Crippen MR) is 85.1 cm³/mol. The van der Waals surface area contributed by atoms with Gasteiger partial charge in [-0.25, -0.2) is 0 Å². The van der Waals surface area contributed by atoms with Gasteiger partial charge < -0.3 is 13.9 Å². The highest BCUT2D eigenvalue weighted by Gasteiger charge is 2.09. The minimum atomic E-state index is 0.481. The van der Waals surface area contributed by atoms with Crippen LogP contribution in [0.2, 0.25) is 0 Å². The minimum Gasteiger partial charge on any atom is -0.490 e. The van der Waals surface area contributed by atoms with Crippen molar-refractivity contribution in [1.29, 1.82) is 0 Å². The van der Waals surface area contributed by atoms with E-state index >= 15 is 0 Å². The minimum absolute atomic E-state index is 0.481. The predicted octanol–water partition coefficient (Wildman–Crippen LogP) is 4.72. The molecule has 0 fully saturated rings. The van der Waals surface area contributed by atoms with Crippen LogP contribution in [0.25, 0.3) is 21.9 Å². The molecule has 0 atom stereocenters. The van der Waals surface area contributed by atoms with Crippen molar-refractivity contribution in [1.82, 2.24) is 0 Å². The van der Waals surface area contributed by atoms with Crippen LogP contribution in [0.5, 0.6) is 11.5 Å². The van der Waals surface area contributed by atoms with Crippen molar-refractivity contribution in [2.24, 2.45) is 0 Å². The fraction of sp³-hybridized carbons (Fsp3) is 0.111. The van der Waals surface area contributed by atoms with Crippen molar-refractivity contribution in [2.45, 2.75) is 0 Å². The number of ether oxygens (including phenoxy) is 2. The van der Waals surface area contributed by atoms with E-state index in [9.17, 15) is 0 Å². The Morgan fingerprint density at radius 1 is 0.810 bits per heavy atom. The van der Waals surface area contributed by atoms with E-state index in [0.29, 0.717) is 13.2 Å². The molecule has 0 unspecified atom stereocenters. The summed E-state index contributed by atoms with van der Waals surface area (Å²) in [5.74, 6) is 1.59. The lowest BCUT2D eigenvalue weighted by molar-refractivity contribution is 0.363. The van der Waals surface area contributed by atoms with E-state index in [1.54, 1.807) is 12.2 Å². The maximum Gasteiger partial charge on any atom is 0.135 e. The van der Waals surface area contributed by atoms with Gasteiger partial charge in [-0.15, -0.1) is 0 Å². The average Bonchev–Trinajstić information content (AvgIpc) is 2.88. The third-order valence-electron chi connectivity index (χ3n) is 3.15. The normalized spacial score (nSPS) is 10.7. The van der Waals surface area contributed by atoms with Gasteiger partial charge in [-0.2, -0.15) is 0 Å². The first-order valence-electron chi connectivity index (χ1n) is 6.75. The molecule has 0 N–H and O–H groups in total. The summed E-state index contributed by atoms with van der Waals surface area (Å²) in [6.45, 7) is 8.26. The second-order valence-electron chi connectivity index (χ2n) is 4.62. The molecule has 21 heavy (non-hydrogen) atoms. The van der Waals surface area contributed by atoms with Crippen molar-refractivity contribution in [3.05, 3.63) is 61.7 Å². The van der Waals surface area contributed by atoms with Gasteiger partial charge in [0, 0.05) is 10.8 Å². The van der Waals surface area contributed by atoms with Crippen molar-refractivity contribution < 1.29 is 13.9 Å². The highest BCUT2D eigenvalue weighted by molar-refractivity contribution is 6.05. The van der Waals surface area contributed by atoms with E-state index in [1.165, 1.54) is 0 Å². The molecule has 3 heteroatoms. The molecule has 3 rings (SSSR count). The summed E-state index contributed by atoms with van der Waals surface area (Å²) in [4.78, 5) is 0. The van der Waals surface area contributed by atoms with Crippen LogP contribution in [0.4, 0.5) is 0 Å². The van der Waals surface area contributed by atoms with Crippen molar-refractivity contribution in [2.75, 3.05) is 13.2 Å². The monoisotopic (exact) mass is 280 g/mol. The summed E-state index contributed by atoms with van der Waals surface area (Å²) in [6, 6.07) is 11.6. The van der Waals surface area contributed by atoms with Crippen LogP contribution in [0.3, 0.4) is 0 Å². The van der Waals surface area contributed by atoms with Gasteiger partial charge in [0.2, 0.25) is 0 Å². The fourth-order valence-corrected chi connectivity index (χ4v) is 2.23. The highest BCUT2D eigenvalue weighted by atomic mass is 16.5. The van der Waals surface area contributed by atoms with Crippen molar-refractivity contribution in [3.63, 3.8) is 0 Å². The van der Waals surface area contributed by atoms with Gasteiger partial charge in [0.05, 0.1) is 0 Å². The van der Waals surface area contributed by atoms with Gasteiger partial charge in [-0.1, -0.05) is 25.3 Å². The van der Waals surface area contributed by atoms with E-state index in [2.05, 4.69) is 13.2 Å². The number of rotatable bonds is 6. The van der Waals surface area contributed by atoms with Gasteiger partial charge in [0.1, 0.15) is 35.9 Å². The Labute approximate surface area is 123 Å². The lowest BCUT2D eigenvalue weighted by Crippen LogP contribution is -1.92. The van der Waals surface area contributed by atoms with Gasteiger partial charge in [0.15, 0.2) is 0 Å². The molecule has 1 heterocycles. The third-order valence-corrected chi connectivity index (χ3v) is 3.15. The number of hydrogen-bond acceptors (Lipinski definition) is 3. The Hall–Kier alpha value is -2.68. The first kappa shape index (κ1) is 13.3. The molecule has 106 valence electrons.